The van der Waals surface area contributed by atoms with E-state index >= 15 is 0 Å². The van der Waals surface area contributed by atoms with Crippen LogP contribution in [0, 0.1) is 0 Å². The Morgan fingerprint density at radius 3 is 2.55 bits per heavy atom. The molecule has 0 fully saturated rings. The number of methoxy groups -OCH3 is 1. The first kappa shape index (κ1) is 16.3. The van der Waals surface area contributed by atoms with E-state index in [0.29, 0.717) is 22.8 Å². The van der Waals surface area contributed by atoms with E-state index in [2.05, 4.69) is 19.7 Å². The molecule has 0 atom stereocenters. The number of carbonyl (C=O) groups excluding carboxylic acids is 1. The van der Waals surface area contributed by atoms with E-state index in [-0.39, 0.29) is 5.56 Å². The molecule has 0 saturated carbocycles. The molecule has 2 rings (SSSR count). The lowest BCUT2D eigenvalue weighted by Gasteiger charge is -2.07. The van der Waals surface area contributed by atoms with Gasteiger partial charge in [-0.2, -0.15) is 13.5 Å². The molecule has 1 aromatic carbocycles. The van der Waals surface area contributed by atoms with Gasteiger partial charge in [0.2, 0.25) is 5.03 Å². The number of benzene rings is 1. The Kier molecular flexibility index (Phi) is 4.72. The first-order valence-electron chi connectivity index (χ1n) is 6.33. The van der Waals surface area contributed by atoms with Crippen LogP contribution in [0.15, 0.2) is 29.3 Å². The van der Waals surface area contributed by atoms with Crippen LogP contribution in [0.5, 0.6) is 0 Å². The quantitative estimate of drug-likeness (QED) is 0.810. The normalized spacial score (nSPS) is 11.2. The molecule has 0 aliphatic rings. The van der Waals surface area contributed by atoms with Crippen LogP contribution in [-0.2, 0) is 21.2 Å². The second kappa shape index (κ2) is 6.37. The van der Waals surface area contributed by atoms with Gasteiger partial charge in [0.15, 0.2) is 0 Å². The van der Waals surface area contributed by atoms with Crippen LogP contribution in [0.4, 0.5) is 5.69 Å². The number of hydrogen-bond donors (Lipinski definition) is 2. The Balaban J connectivity index is 2.43. The van der Waals surface area contributed by atoms with Gasteiger partial charge in [0, 0.05) is 10.7 Å². The lowest BCUT2D eigenvalue weighted by atomic mass is 10.2. The number of anilines is 1. The number of rotatable bonds is 5. The summed E-state index contributed by atoms with van der Waals surface area (Å²) < 4.78 is 31.8. The molecule has 7 nitrogen and oxygen atoms in total. The van der Waals surface area contributed by atoms with E-state index in [1.165, 1.54) is 19.2 Å². The SMILES string of the molecule is CCc1[nH]nc(S(=O)(=O)Nc2ccc(Cl)cc2)c1C(=O)OC. The summed E-state index contributed by atoms with van der Waals surface area (Å²) in [5.74, 6) is -0.762. The van der Waals surface area contributed by atoms with Gasteiger partial charge in [0.25, 0.3) is 10.0 Å². The fourth-order valence-electron chi connectivity index (χ4n) is 1.84. The van der Waals surface area contributed by atoms with E-state index in [0.717, 1.165) is 0 Å². The second-order valence-corrected chi connectivity index (χ2v) is 6.37. The first-order chi connectivity index (χ1) is 10.4. The monoisotopic (exact) mass is 343 g/mol. The average Bonchev–Trinajstić information content (AvgIpc) is 2.93. The highest BCUT2D eigenvalue weighted by molar-refractivity contribution is 7.92. The molecule has 0 bridgehead atoms. The molecule has 2 aromatic rings. The molecular weight excluding hydrogens is 330 g/mol. The third kappa shape index (κ3) is 3.23. The molecule has 0 aliphatic heterocycles. The van der Waals surface area contributed by atoms with Crippen molar-refractivity contribution in [3.05, 3.63) is 40.5 Å². The van der Waals surface area contributed by atoms with Crippen molar-refractivity contribution in [1.29, 1.82) is 0 Å². The maximum atomic E-state index is 12.4. The van der Waals surface area contributed by atoms with Gasteiger partial charge in [0.1, 0.15) is 5.56 Å². The van der Waals surface area contributed by atoms with Crippen LogP contribution in [0.2, 0.25) is 5.02 Å². The van der Waals surface area contributed by atoms with Crippen molar-refractivity contribution in [2.24, 2.45) is 0 Å². The Labute approximate surface area is 132 Å². The van der Waals surface area contributed by atoms with E-state index in [9.17, 15) is 13.2 Å². The summed E-state index contributed by atoms with van der Waals surface area (Å²) in [7, 11) is -2.86. The number of esters is 1. The number of hydrogen-bond acceptors (Lipinski definition) is 5. The Bertz CT molecular complexity index is 784. The summed E-state index contributed by atoms with van der Waals surface area (Å²) in [5, 5.41) is 6.37. The van der Waals surface area contributed by atoms with Crippen molar-refractivity contribution in [3.63, 3.8) is 0 Å². The van der Waals surface area contributed by atoms with Gasteiger partial charge in [-0.15, -0.1) is 0 Å². The van der Waals surface area contributed by atoms with Crippen LogP contribution in [0.1, 0.15) is 23.0 Å². The summed E-state index contributed by atoms with van der Waals surface area (Å²) in [6, 6.07) is 6.10. The summed E-state index contributed by atoms with van der Waals surface area (Å²) >= 11 is 5.75. The number of ether oxygens (including phenoxy) is 1. The van der Waals surface area contributed by atoms with Crippen molar-refractivity contribution in [2.45, 2.75) is 18.4 Å². The minimum absolute atomic E-state index is 0.0912. The first-order valence-corrected chi connectivity index (χ1v) is 8.19. The molecular formula is C13H14ClN3O4S. The van der Waals surface area contributed by atoms with Gasteiger partial charge in [-0.25, -0.2) is 4.79 Å². The molecule has 1 aromatic heterocycles. The second-order valence-electron chi connectivity index (χ2n) is 4.34. The average molecular weight is 344 g/mol. The zero-order valence-corrected chi connectivity index (χ0v) is 13.5. The number of sulfonamides is 1. The van der Waals surface area contributed by atoms with Gasteiger partial charge in [-0.3, -0.25) is 9.82 Å². The topological polar surface area (TPSA) is 101 Å². The third-order valence-corrected chi connectivity index (χ3v) is 4.46. The fourth-order valence-corrected chi connectivity index (χ4v) is 3.15. The minimum atomic E-state index is -4.04. The van der Waals surface area contributed by atoms with Gasteiger partial charge in [0.05, 0.1) is 12.8 Å². The van der Waals surface area contributed by atoms with Crippen molar-refractivity contribution in [2.75, 3.05) is 11.8 Å². The van der Waals surface area contributed by atoms with E-state index < -0.39 is 21.0 Å². The Hall–Kier alpha value is -2.06. The van der Waals surface area contributed by atoms with E-state index in [1.54, 1.807) is 19.1 Å². The molecule has 118 valence electrons. The van der Waals surface area contributed by atoms with Crippen LogP contribution >= 0.6 is 11.6 Å². The van der Waals surface area contributed by atoms with Gasteiger partial charge >= 0.3 is 5.97 Å². The highest BCUT2D eigenvalue weighted by atomic mass is 35.5. The molecule has 0 radical (unpaired) electrons. The smallest absolute Gasteiger partial charge is 0.342 e. The molecule has 0 spiro atoms. The van der Waals surface area contributed by atoms with Gasteiger partial charge in [-0.1, -0.05) is 18.5 Å². The predicted octanol–water partition coefficient (Wildman–Crippen LogP) is 2.21. The van der Waals surface area contributed by atoms with Crippen molar-refractivity contribution in [1.82, 2.24) is 10.2 Å². The van der Waals surface area contributed by atoms with Crippen molar-refractivity contribution in [3.8, 4) is 0 Å². The lowest BCUT2D eigenvalue weighted by molar-refractivity contribution is 0.0595. The number of nitrogens with one attached hydrogen (secondary N) is 2. The summed E-state index contributed by atoms with van der Waals surface area (Å²) in [4.78, 5) is 11.8. The number of carbonyl (C=O) groups is 1. The van der Waals surface area contributed by atoms with Gasteiger partial charge < -0.3 is 4.74 Å². The largest absolute Gasteiger partial charge is 0.465 e. The highest BCUT2D eigenvalue weighted by Crippen LogP contribution is 2.22. The minimum Gasteiger partial charge on any atom is -0.465 e. The Morgan fingerprint density at radius 2 is 2.00 bits per heavy atom. The van der Waals surface area contributed by atoms with Crippen molar-refractivity contribution < 1.29 is 17.9 Å². The number of nitrogens with zero attached hydrogens (tertiary/aromatic N) is 1. The van der Waals surface area contributed by atoms with Crippen LogP contribution in [0.25, 0.3) is 0 Å². The fraction of sp³-hybridized carbons (Fsp3) is 0.231. The molecule has 0 saturated heterocycles. The summed E-state index contributed by atoms with van der Waals surface area (Å²) in [5.41, 5.74) is 0.607. The molecule has 0 aliphatic carbocycles. The molecule has 0 unspecified atom stereocenters. The maximum absolute atomic E-state index is 12.4. The zero-order chi connectivity index (χ0) is 16.3. The third-order valence-electron chi connectivity index (χ3n) is 2.90. The molecule has 9 heteroatoms. The number of H-pyrrole nitrogens is 1. The van der Waals surface area contributed by atoms with Crippen LogP contribution in [0.3, 0.4) is 0 Å². The van der Waals surface area contributed by atoms with Crippen LogP contribution in [-0.4, -0.2) is 31.7 Å². The van der Waals surface area contributed by atoms with E-state index in [1.807, 2.05) is 0 Å². The molecule has 2 N–H and O–H groups in total. The highest BCUT2D eigenvalue weighted by Gasteiger charge is 2.29. The number of aromatic amines is 1. The molecule has 1 heterocycles. The standard InChI is InChI=1S/C13H14ClN3O4S/c1-3-10-11(13(18)21-2)12(16-15-10)22(19,20)17-9-6-4-8(14)5-7-9/h4-7,17H,3H2,1-2H3,(H,15,16). The number of aryl methyl sites for hydroxylation is 1. The number of halogens is 1. The number of aromatic nitrogens is 2. The molecule has 0 amide bonds. The maximum Gasteiger partial charge on any atom is 0.342 e. The zero-order valence-electron chi connectivity index (χ0n) is 11.9. The molecule has 22 heavy (non-hydrogen) atoms. The van der Waals surface area contributed by atoms with Gasteiger partial charge in [-0.05, 0) is 30.7 Å². The van der Waals surface area contributed by atoms with E-state index in [4.69, 9.17) is 11.6 Å². The summed E-state index contributed by atoms with van der Waals surface area (Å²) in [6.07, 6.45) is 0.411. The van der Waals surface area contributed by atoms with Crippen LogP contribution < -0.4 is 4.72 Å². The Morgan fingerprint density at radius 1 is 1.36 bits per heavy atom. The predicted molar refractivity (Wildman–Crippen MR) is 81.6 cm³/mol. The van der Waals surface area contributed by atoms with Crippen molar-refractivity contribution >= 4 is 33.3 Å². The lowest BCUT2D eigenvalue weighted by Crippen LogP contribution is -2.17. The summed E-state index contributed by atoms with van der Waals surface area (Å²) in [6.45, 7) is 1.77.